The number of hydrogen-bond acceptors (Lipinski definition) is 4. The summed E-state index contributed by atoms with van der Waals surface area (Å²) in [6.07, 6.45) is 0. The van der Waals surface area contributed by atoms with Crippen molar-refractivity contribution in [2.75, 3.05) is 5.75 Å². The molecule has 0 spiro atoms. The normalized spacial score (nSPS) is 13.3. The fourth-order valence-corrected chi connectivity index (χ4v) is 2.89. The summed E-state index contributed by atoms with van der Waals surface area (Å²) in [5, 5.41) is 0.604. The Kier molecular flexibility index (Phi) is 8.20. The van der Waals surface area contributed by atoms with Crippen molar-refractivity contribution in [3.63, 3.8) is 0 Å². The molecule has 0 heterocycles. The van der Waals surface area contributed by atoms with Crippen LogP contribution in [-0.2, 0) is 10.1 Å². The zero-order chi connectivity index (χ0) is 16.0. The summed E-state index contributed by atoms with van der Waals surface area (Å²) in [6, 6.07) is 8.49. The SMILES string of the molecule is CCS[C@H](C)c1ccccc1[Se+].O=S(=O)([O-])C(F)(F)F. The first-order valence-electron chi connectivity index (χ1n) is 5.40. The molecule has 1 aromatic carbocycles. The fraction of sp³-hybridized carbons (Fsp3) is 0.455. The van der Waals surface area contributed by atoms with Gasteiger partial charge in [-0.15, -0.1) is 0 Å². The molecule has 3 nitrogen and oxygen atoms in total. The van der Waals surface area contributed by atoms with Crippen LogP contribution in [0.2, 0.25) is 0 Å². The molecule has 20 heavy (non-hydrogen) atoms. The van der Waals surface area contributed by atoms with Gasteiger partial charge >= 0.3 is 92.4 Å². The van der Waals surface area contributed by atoms with Gasteiger partial charge in [0.1, 0.15) is 0 Å². The topological polar surface area (TPSA) is 57.2 Å². The molecule has 0 N–H and O–H groups in total. The predicted molar refractivity (Wildman–Crippen MR) is 74.1 cm³/mol. The van der Waals surface area contributed by atoms with Crippen molar-refractivity contribution < 1.29 is 26.1 Å². The van der Waals surface area contributed by atoms with Gasteiger partial charge in [-0.25, -0.2) is 8.42 Å². The van der Waals surface area contributed by atoms with Gasteiger partial charge < -0.3 is 4.55 Å². The second-order valence-electron chi connectivity index (χ2n) is 3.54. The number of hydrogen-bond donors (Lipinski definition) is 0. The molecule has 1 aromatic rings. The molecule has 0 aliphatic rings. The average molecular weight is 393 g/mol. The van der Waals surface area contributed by atoms with Crippen LogP contribution in [0.4, 0.5) is 13.2 Å². The first-order valence-corrected chi connectivity index (χ1v) is 8.71. The molecule has 0 aliphatic heterocycles. The van der Waals surface area contributed by atoms with Crippen molar-refractivity contribution in [1.82, 2.24) is 0 Å². The Balaban J connectivity index is 0.000000396. The summed E-state index contributed by atoms with van der Waals surface area (Å²) in [5.41, 5.74) is -4.23. The van der Waals surface area contributed by atoms with E-state index in [4.69, 9.17) is 13.0 Å². The maximum absolute atomic E-state index is 10.7. The number of halogens is 3. The van der Waals surface area contributed by atoms with Gasteiger partial charge in [-0.3, -0.25) is 0 Å². The van der Waals surface area contributed by atoms with Crippen LogP contribution in [0.3, 0.4) is 0 Å². The molecule has 0 fully saturated rings. The molecular weight excluding hydrogens is 380 g/mol. The zero-order valence-electron chi connectivity index (χ0n) is 10.7. The van der Waals surface area contributed by atoms with E-state index in [9.17, 15) is 13.2 Å². The molecular formula is C11H13F3O3S2Se. The van der Waals surface area contributed by atoms with Crippen LogP contribution in [0.5, 0.6) is 0 Å². The maximum atomic E-state index is 10.7. The van der Waals surface area contributed by atoms with Gasteiger partial charge in [0.05, 0.1) is 0 Å². The van der Waals surface area contributed by atoms with Gasteiger partial charge in [-0.1, -0.05) is 0 Å². The Hall–Kier alpha value is -0.211. The van der Waals surface area contributed by atoms with E-state index in [1.165, 1.54) is 15.8 Å². The zero-order valence-corrected chi connectivity index (χ0v) is 14.0. The van der Waals surface area contributed by atoms with Gasteiger partial charge in [-0.2, -0.15) is 13.2 Å². The minimum absolute atomic E-state index is 0.604. The van der Waals surface area contributed by atoms with Crippen molar-refractivity contribution in [3.8, 4) is 0 Å². The second kappa shape index (κ2) is 8.29. The van der Waals surface area contributed by atoms with E-state index in [0.29, 0.717) is 5.25 Å². The average Bonchev–Trinajstić information content (AvgIpc) is 2.28. The second-order valence-corrected chi connectivity index (χ2v) is 7.45. The quantitative estimate of drug-likeness (QED) is 0.450. The van der Waals surface area contributed by atoms with E-state index in [2.05, 4.69) is 54.1 Å². The maximum Gasteiger partial charge on any atom is 0.485 e. The van der Waals surface area contributed by atoms with Gasteiger partial charge in [0.15, 0.2) is 10.1 Å². The van der Waals surface area contributed by atoms with Crippen LogP contribution in [0.15, 0.2) is 24.3 Å². The molecule has 1 rings (SSSR count). The number of rotatable bonds is 3. The molecule has 9 heteroatoms. The summed E-state index contributed by atoms with van der Waals surface area (Å²) in [6.45, 7) is 4.45. The molecule has 114 valence electrons. The van der Waals surface area contributed by atoms with Gasteiger partial charge in [0, 0.05) is 0 Å². The first-order chi connectivity index (χ1) is 9.00. The van der Waals surface area contributed by atoms with Crippen LogP contribution < -0.4 is 4.46 Å². The van der Waals surface area contributed by atoms with Crippen molar-refractivity contribution in [2.45, 2.75) is 24.6 Å². The van der Waals surface area contributed by atoms with Crippen molar-refractivity contribution in [1.29, 1.82) is 0 Å². The Labute approximate surface area is 128 Å². The number of thioether (sulfide) groups is 1. The Bertz CT molecular complexity index is 518. The predicted octanol–water partition coefficient (Wildman–Crippen LogP) is 2.35. The third-order valence-electron chi connectivity index (χ3n) is 2.06. The van der Waals surface area contributed by atoms with E-state index in [0.717, 1.165) is 0 Å². The summed E-state index contributed by atoms with van der Waals surface area (Å²) in [4.78, 5) is 0. The largest absolute Gasteiger partial charge is 0.741 e. The Morgan fingerprint density at radius 1 is 1.35 bits per heavy atom. The summed E-state index contributed by atoms with van der Waals surface area (Å²) in [5.74, 6) is 1.18. The summed E-state index contributed by atoms with van der Waals surface area (Å²) < 4.78 is 60.2. The van der Waals surface area contributed by atoms with E-state index in [1.807, 2.05) is 11.8 Å². The van der Waals surface area contributed by atoms with E-state index < -0.39 is 15.6 Å². The van der Waals surface area contributed by atoms with Gasteiger partial charge in [-0.05, 0) is 0 Å². The van der Waals surface area contributed by atoms with Crippen molar-refractivity contribution in [3.05, 3.63) is 29.8 Å². The molecule has 0 bridgehead atoms. The van der Waals surface area contributed by atoms with E-state index in [-0.39, 0.29) is 0 Å². The third kappa shape index (κ3) is 6.99. The molecule has 0 aliphatic carbocycles. The first kappa shape index (κ1) is 19.8. The molecule has 0 aromatic heterocycles. The van der Waals surface area contributed by atoms with E-state index >= 15 is 0 Å². The Morgan fingerprint density at radius 2 is 1.80 bits per heavy atom. The molecule has 0 amide bonds. The minimum Gasteiger partial charge on any atom is -0.741 e. The van der Waals surface area contributed by atoms with Crippen LogP contribution in [-0.4, -0.2) is 40.2 Å². The molecule has 2 radical (unpaired) electrons. The van der Waals surface area contributed by atoms with Gasteiger partial charge in [0.2, 0.25) is 0 Å². The van der Waals surface area contributed by atoms with Crippen molar-refractivity contribution >= 4 is 42.4 Å². The summed E-state index contributed by atoms with van der Waals surface area (Å²) >= 11 is 5.08. The summed E-state index contributed by atoms with van der Waals surface area (Å²) in [7, 11) is -6.09. The molecule has 0 saturated carbocycles. The Morgan fingerprint density at radius 3 is 2.15 bits per heavy atom. The van der Waals surface area contributed by atoms with Gasteiger partial charge in [0.25, 0.3) is 0 Å². The molecule has 0 unspecified atom stereocenters. The number of alkyl halides is 3. The third-order valence-corrected chi connectivity index (χ3v) is 4.49. The number of benzene rings is 1. The van der Waals surface area contributed by atoms with Crippen LogP contribution in [0.25, 0.3) is 0 Å². The van der Waals surface area contributed by atoms with Crippen LogP contribution >= 0.6 is 11.8 Å². The smallest absolute Gasteiger partial charge is 0.485 e. The molecule has 1 atom stereocenters. The fourth-order valence-electron chi connectivity index (χ4n) is 1.16. The standard InChI is InChI=1S/C10H13SSe.CHF3O3S/c1-3-11-8(2)9-6-4-5-7-10(9)12;2-1(3,4)8(5,6)7/h4-8H,3H2,1-2H3;(H,5,6,7)/q+1;/p-1/t8-;/m1./s1. The van der Waals surface area contributed by atoms with Crippen molar-refractivity contribution in [2.24, 2.45) is 0 Å². The minimum atomic E-state index is -6.09. The monoisotopic (exact) mass is 394 g/mol. The van der Waals surface area contributed by atoms with E-state index in [1.54, 1.807) is 0 Å². The molecule has 0 saturated heterocycles. The van der Waals surface area contributed by atoms with Crippen LogP contribution in [0, 0.1) is 0 Å². The van der Waals surface area contributed by atoms with Crippen LogP contribution in [0.1, 0.15) is 24.7 Å².